The fraction of sp³-hybridized carbons (Fsp3) is 0.435. The monoisotopic (exact) mass is 448 g/mol. The molecule has 2 rings (SSSR count). The van der Waals surface area contributed by atoms with Crippen molar-refractivity contribution in [3.8, 4) is 11.5 Å². The van der Waals surface area contributed by atoms with Crippen LogP contribution in [0.4, 0.5) is 5.69 Å². The Morgan fingerprint density at radius 1 is 0.968 bits per heavy atom. The molecule has 170 valence electrons. The van der Waals surface area contributed by atoms with Gasteiger partial charge >= 0.3 is 0 Å². The van der Waals surface area contributed by atoms with Gasteiger partial charge in [0.05, 0.1) is 11.5 Å². The molecule has 2 aromatic carbocycles. The van der Waals surface area contributed by atoms with Gasteiger partial charge in [-0.2, -0.15) is 4.31 Å². The normalized spacial score (nSPS) is 11.4. The molecule has 0 fully saturated rings. The summed E-state index contributed by atoms with van der Waals surface area (Å²) < 4.78 is 38.2. The first-order valence-corrected chi connectivity index (χ1v) is 11.9. The van der Waals surface area contributed by atoms with E-state index in [9.17, 15) is 13.2 Å². The van der Waals surface area contributed by atoms with E-state index in [4.69, 9.17) is 9.47 Å². The lowest BCUT2D eigenvalue weighted by molar-refractivity contribution is -0.118. The van der Waals surface area contributed by atoms with E-state index in [-0.39, 0.29) is 17.4 Å². The van der Waals surface area contributed by atoms with Crippen LogP contribution in [0.25, 0.3) is 0 Å². The zero-order valence-electron chi connectivity index (χ0n) is 18.9. The van der Waals surface area contributed by atoms with Gasteiger partial charge in [0.25, 0.3) is 5.91 Å². The van der Waals surface area contributed by atoms with Gasteiger partial charge in [-0.15, -0.1) is 0 Å². The molecule has 0 saturated carbocycles. The highest BCUT2D eigenvalue weighted by atomic mass is 32.2. The number of benzene rings is 2. The van der Waals surface area contributed by atoms with Crippen molar-refractivity contribution in [2.75, 3.05) is 31.6 Å². The lowest BCUT2D eigenvalue weighted by Gasteiger charge is -2.20. The van der Waals surface area contributed by atoms with E-state index in [0.29, 0.717) is 31.1 Å². The molecule has 8 heteroatoms. The van der Waals surface area contributed by atoms with Gasteiger partial charge < -0.3 is 14.8 Å². The standard InChI is InChI=1S/C23H32N2O5S/c1-6-13-29-19-9-11-20(12-10-19)30-16-23(26)24-22-15-21(14-17(4)18(22)5)31(27,28)25(7-2)8-3/h9-12,14-15H,6-8,13,16H2,1-5H3,(H,24,26). The predicted molar refractivity (Wildman–Crippen MR) is 122 cm³/mol. The van der Waals surface area contributed by atoms with Crippen molar-refractivity contribution in [1.82, 2.24) is 4.31 Å². The van der Waals surface area contributed by atoms with Crippen molar-refractivity contribution in [1.29, 1.82) is 0 Å². The van der Waals surface area contributed by atoms with Crippen LogP contribution < -0.4 is 14.8 Å². The van der Waals surface area contributed by atoms with Crippen LogP contribution in [0.2, 0.25) is 0 Å². The summed E-state index contributed by atoms with van der Waals surface area (Å²) in [6.45, 7) is 10.5. The van der Waals surface area contributed by atoms with Gasteiger partial charge in [-0.05, 0) is 67.8 Å². The molecule has 0 unspecified atom stereocenters. The molecule has 2 aromatic rings. The summed E-state index contributed by atoms with van der Waals surface area (Å²) >= 11 is 0. The quantitative estimate of drug-likeness (QED) is 0.558. The van der Waals surface area contributed by atoms with Crippen LogP contribution in [0, 0.1) is 13.8 Å². The third-order valence-corrected chi connectivity index (χ3v) is 6.95. The van der Waals surface area contributed by atoms with E-state index in [2.05, 4.69) is 5.32 Å². The first-order valence-electron chi connectivity index (χ1n) is 10.5. The summed E-state index contributed by atoms with van der Waals surface area (Å²) in [5.74, 6) is 0.923. The van der Waals surface area contributed by atoms with Crippen molar-refractivity contribution < 1.29 is 22.7 Å². The van der Waals surface area contributed by atoms with Crippen LogP contribution in [0.3, 0.4) is 0 Å². The van der Waals surface area contributed by atoms with Crippen LogP contribution >= 0.6 is 0 Å². The first-order chi connectivity index (χ1) is 14.7. The maximum Gasteiger partial charge on any atom is 0.262 e. The van der Waals surface area contributed by atoms with E-state index in [1.807, 2.05) is 20.8 Å². The zero-order chi connectivity index (χ0) is 23.0. The highest BCUT2D eigenvalue weighted by Crippen LogP contribution is 2.26. The van der Waals surface area contributed by atoms with Crippen LogP contribution in [0.1, 0.15) is 38.3 Å². The Hall–Kier alpha value is -2.58. The largest absolute Gasteiger partial charge is 0.494 e. The van der Waals surface area contributed by atoms with Crippen molar-refractivity contribution in [2.45, 2.75) is 45.9 Å². The van der Waals surface area contributed by atoms with E-state index >= 15 is 0 Å². The fourth-order valence-electron chi connectivity index (χ4n) is 3.00. The van der Waals surface area contributed by atoms with Gasteiger partial charge in [-0.1, -0.05) is 20.8 Å². The van der Waals surface area contributed by atoms with Crippen LogP contribution in [-0.2, 0) is 14.8 Å². The van der Waals surface area contributed by atoms with Crippen molar-refractivity contribution >= 4 is 21.6 Å². The SMILES string of the molecule is CCCOc1ccc(OCC(=O)Nc2cc(S(=O)(=O)N(CC)CC)cc(C)c2C)cc1. The second kappa shape index (κ2) is 11.2. The summed E-state index contributed by atoms with van der Waals surface area (Å²) in [6, 6.07) is 10.2. The van der Waals surface area contributed by atoms with E-state index < -0.39 is 10.0 Å². The highest BCUT2D eigenvalue weighted by molar-refractivity contribution is 7.89. The Labute approximate surface area is 185 Å². The molecule has 1 N–H and O–H groups in total. The summed E-state index contributed by atoms with van der Waals surface area (Å²) in [5.41, 5.74) is 2.05. The molecule has 0 saturated heterocycles. The molecule has 1 amide bonds. The minimum Gasteiger partial charge on any atom is -0.494 e. The number of carbonyl (C=O) groups is 1. The molecule has 0 aromatic heterocycles. The fourth-order valence-corrected chi connectivity index (χ4v) is 4.58. The third kappa shape index (κ3) is 6.45. The summed E-state index contributed by atoms with van der Waals surface area (Å²) in [7, 11) is -3.63. The Morgan fingerprint density at radius 2 is 1.55 bits per heavy atom. The molecular formula is C23H32N2O5S. The number of sulfonamides is 1. The number of aryl methyl sites for hydroxylation is 1. The number of rotatable bonds is 11. The zero-order valence-corrected chi connectivity index (χ0v) is 19.7. The molecule has 0 aliphatic carbocycles. The molecule has 0 heterocycles. The van der Waals surface area contributed by atoms with Gasteiger partial charge in [0, 0.05) is 18.8 Å². The minimum atomic E-state index is -3.63. The first kappa shape index (κ1) is 24.7. The van der Waals surface area contributed by atoms with Gasteiger partial charge in [0.2, 0.25) is 10.0 Å². The van der Waals surface area contributed by atoms with E-state index in [1.54, 1.807) is 44.2 Å². The maximum absolute atomic E-state index is 12.9. The number of amides is 1. The molecular weight excluding hydrogens is 416 g/mol. The van der Waals surface area contributed by atoms with Crippen molar-refractivity contribution in [3.63, 3.8) is 0 Å². The average molecular weight is 449 g/mol. The number of carbonyl (C=O) groups excluding carboxylic acids is 1. The van der Waals surface area contributed by atoms with Gasteiger partial charge in [0.1, 0.15) is 11.5 Å². The molecule has 7 nitrogen and oxygen atoms in total. The van der Waals surface area contributed by atoms with Crippen molar-refractivity contribution in [3.05, 3.63) is 47.5 Å². The lowest BCUT2D eigenvalue weighted by Crippen LogP contribution is -2.31. The topological polar surface area (TPSA) is 84.9 Å². The third-order valence-electron chi connectivity index (χ3n) is 4.92. The molecule has 0 aliphatic rings. The van der Waals surface area contributed by atoms with Crippen LogP contribution in [0.15, 0.2) is 41.3 Å². The van der Waals surface area contributed by atoms with E-state index in [1.165, 1.54) is 10.4 Å². The highest BCUT2D eigenvalue weighted by Gasteiger charge is 2.23. The Morgan fingerprint density at radius 3 is 2.10 bits per heavy atom. The molecule has 0 aliphatic heterocycles. The molecule has 0 bridgehead atoms. The summed E-state index contributed by atoms with van der Waals surface area (Å²) in [4.78, 5) is 12.6. The number of nitrogens with zero attached hydrogens (tertiary/aromatic N) is 1. The Balaban J connectivity index is 2.09. The number of hydrogen-bond acceptors (Lipinski definition) is 5. The second-order valence-corrected chi connectivity index (χ2v) is 9.10. The summed E-state index contributed by atoms with van der Waals surface area (Å²) in [6.07, 6.45) is 0.925. The Bertz CT molecular complexity index is 984. The van der Waals surface area contributed by atoms with Gasteiger partial charge in [0.15, 0.2) is 6.61 Å². The molecule has 0 atom stereocenters. The minimum absolute atomic E-state index is 0.165. The van der Waals surface area contributed by atoms with E-state index in [0.717, 1.165) is 23.3 Å². The van der Waals surface area contributed by atoms with Crippen LogP contribution in [-0.4, -0.2) is 44.9 Å². The second-order valence-electron chi connectivity index (χ2n) is 7.16. The average Bonchev–Trinajstić information content (AvgIpc) is 2.75. The predicted octanol–water partition coefficient (Wildman–Crippen LogP) is 4.14. The van der Waals surface area contributed by atoms with Gasteiger partial charge in [-0.25, -0.2) is 8.42 Å². The molecule has 0 spiro atoms. The van der Waals surface area contributed by atoms with Gasteiger partial charge in [-0.3, -0.25) is 4.79 Å². The smallest absolute Gasteiger partial charge is 0.262 e. The molecule has 0 radical (unpaired) electrons. The number of ether oxygens (including phenoxy) is 2. The number of nitrogens with one attached hydrogen (secondary N) is 1. The Kier molecular flexibility index (Phi) is 8.88. The van der Waals surface area contributed by atoms with Crippen molar-refractivity contribution in [2.24, 2.45) is 0 Å². The number of anilines is 1. The maximum atomic E-state index is 12.9. The lowest BCUT2D eigenvalue weighted by atomic mass is 10.1. The molecule has 31 heavy (non-hydrogen) atoms. The summed E-state index contributed by atoms with van der Waals surface area (Å²) in [5, 5.41) is 2.78. The number of hydrogen-bond donors (Lipinski definition) is 1. The van der Waals surface area contributed by atoms with Crippen LogP contribution in [0.5, 0.6) is 11.5 Å².